The number of nitrogens with zero attached hydrogens (tertiary/aromatic N) is 1. The van der Waals surface area contributed by atoms with Crippen LogP contribution in [0.4, 0.5) is 0 Å². The van der Waals surface area contributed by atoms with Crippen LogP contribution in [0.3, 0.4) is 0 Å². The molecule has 2 aliphatic carbocycles. The van der Waals surface area contributed by atoms with Crippen LogP contribution in [0.5, 0.6) is 0 Å². The van der Waals surface area contributed by atoms with Crippen LogP contribution in [0.1, 0.15) is 103 Å². The molecule has 0 bridgehead atoms. The maximum absolute atomic E-state index is 13.1. The first-order valence-corrected chi connectivity index (χ1v) is 14.1. The highest BCUT2D eigenvalue weighted by Crippen LogP contribution is 2.57. The Balaban J connectivity index is 1.36. The molecular formula is C31H46N2O2. The van der Waals surface area contributed by atoms with E-state index in [0.29, 0.717) is 18.4 Å². The van der Waals surface area contributed by atoms with Gasteiger partial charge < -0.3 is 9.64 Å². The van der Waals surface area contributed by atoms with Gasteiger partial charge in [-0.25, -0.2) is 0 Å². The molecule has 2 fully saturated rings. The molecule has 5 unspecified atom stereocenters. The van der Waals surface area contributed by atoms with Gasteiger partial charge in [-0.1, -0.05) is 52.3 Å². The summed E-state index contributed by atoms with van der Waals surface area (Å²) in [5.74, 6) is 1.42. The molecule has 0 spiro atoms. The zero-order chi connectivity index (χ0) is 25.0. The van der Waals surface area contributed by atoms with E-state index < -0.39 is 0 Å². The van der Waals surface area contributed by atoms with Crippen LogP contribution < -0.4 is 5.32 Å². The fraction of sp³-hybridized carbons (Fsp3) is 0.710. The summed E-state index contributed by atoms with van der Waals surface area (Å²) in [5, 5.41) is 3.92. The average molecular weight is 479 g/mol. The van der Waals surface area contributed by atoms with Crippen molar-refractivity contribution < 1.29 is 9.53 Å². The van der Waals surface area contributed by atoms with Crippen molar-refractivity contribution in [3.8, 4) is 0 Å². The quantitative estimate of drug-likeness (QED) is 0.538. The Hall–Kier alpha value is -1.65. The van der Waals surface area contributed by atoms with Crippen molar-refractivity contribution in [2.45, 2.75) is 110 Å². The number of ether oxygens (including phenoxy) is 1. The Morgan fingerprint density at radius 3 is 2.66 bits per heavy atom. The lowest BCUT2D eigenvalue weighted by atomic mass is 9.49. The summed E-state index contributed by atoms with van der Waals surface area (Å²) in [6, 6.07) is 7.34. The molecule has 1 saturated carbocycles. The Labute approximate surface area is 212 Å². The smallest absolute Gasteiger partial charge is 0.251 e. The number of amides is 1. The number of carbonyl (C=O) groups excluding carboxylic acids is 1. The van der Waals surface area contributed by atoms with Crippen molar-refractivity contribution in [3.63, 3.8) is 0 Å². The molecule has 5 rings (SSSR count). The van der Waals surface area contributed by atoms with Crippen molar-refractivity contribution >= 4 is 5.91 Å². The van der Waals surface area contributed by atoms with Gasteiger partial charge in [-0.15, -0.1) is 0 Å². The van der Waals surface area contributed by atoms with Gasteiger partial charge in [-0.2, -0.15) is 0 Å². The molecule has 1 N–H and O–H groups in total. The normalized spacial score (nSPS) is 35.1. The number of benzene rings is 1. The summed E-state index contributed by atoms with van der Waals surface area (Å²) in [6.45, 7) is 16.3. The van der Waals surface area contributed by atoms with E-state index in [4.69, 9.17) is 4.74 Å². The molecule has 1 aromatic carbocycles. The number of hydrogen-bond acceptors (Lipinski definition) is 3. The highest BCUT2D eigenvalue weighted by molar-refractivity contribution is 5.97. The van der Waals surface area contributed by atoms with Crippen LogP contribution in [-0.2, 0) is 21.4 Å². The van der Waals surface area contributed by atoms with Crippen molar-refractivity contribution in [1.29, 1.82) is 0 Å². The number of carbonyl (C=O) groups is 1. The predicted molar refractivity (Wildman–Crippen MR) is 143 cm³/mol. The molecule has 5 atom stereocenters. The van der Waals surface area contributed by atoms with Gasteiger partial charge in [-0.3, -0.25) is 10.1 Å². The molecule has 2 aliphatic heterocycles. The first-order valence-electron chi connectivity index (χ1n) is 14.1. The van der Waals surface area contributed by atoms with E-state index in [1.165, 1.54) is 43.2 Å². The van der Waals surface area contributed by atoms with E-state index in [1.54, 1.807) is 11.1 Å². The Bertz CT molecular complexity index is 1010. The fourth-order valence-corrected chi connectivity index (χ4v) is 7.94. The van der Waals surface area contributed by atoms with Gasteiger partial charge in [0.1, 0.15) is 6.17 Å². The van der Waals surface area contributed by atoms with E-state index in [2.05, 4.69) is 63.0 Å². The van der Waals surface area contributed by atoms with E-state index in [0.717, 1.165) is 31.6 Å². The number of aryl methyl sites for hydroxylation is 1. The Morgan fingerprint density at radius 2 is 1.94 bits per heavy atom. The first-order chi connectivity index (χ1) is 16.6. The number of hydrogen-bond donors (Lipinski definition) is 1. The maximum atomic E-state index is 13.1. The minimum atomic E-state index is 0.00110. The molecule has 4 heteroatoms. The van der Waals surface area contributed by atoms with E-state index >= 15 is 0 Å². The van der Waals surface area contributed by atoms with Crippen LogP contribution in [0.25, 0.3) is 0 Å². The van der Waals surface area contributed by atoms with E-state index in [9.17, 15) is 4.79 Å². The Kier molecular flexibility index (Phi) is 6.68. The monoisotopic (exact) mass is 478 g/mol. The van der Waals surface area contributed by atoms with Gasteiger partial charge in [0.05, 0.1) is 6.10 Å². The van der Waals surface area contributed by atoms with Gasteiger partial charge >= 0.3 is 0 Å². The van der Waals surface area contributed by atoms with Crippen molar-refractivity contribution in [3.05, 3.63) is 46.0 Å². The number of fused-ring (bicyclic) bond motifs is 3. The zero-order valence-electron chi connectivity index (χ0n) is 22.9. The van der Waals surface area contributed by atoms with Crippen LogP contribution in [0.2, 0.25) is 0 Å². The largest absolute Gasteiger partial charge is 0.376 e. The lowest BCUT2D eigenvalue weighted by molar-refractivity contribution is -0.129. The second-order valence-electron chi connectivity index (χ2n) is 12.8. The third-order valence-corrected chi connectivity index (χ3v) is 10.2. The van der Waals surface area contributed by atoms with Crippen LogP contribution in [-0.4, -0.2) is 42.8 Å². The topological polar surface area (TPSA) is 41.6 Å². The summed E-state index contributed by atoms with van der Waals surface area (Å²) in [4.78, 5) is 15.2. The first kappa shape index (κ1) is 25.0. The maximum Gasteiger partial charge on any atom is 0.251 e. The summed E-state index contributed by atoms with van der Waals surface area (Å²) < 4.78 is 5.90. The molecule has 0 radical (unpaired) electrons. The van der Waals surface area contributed by atoms with Gasteiger partial charge in [-0.05, 0) is 97.3 Å². The fourth-order valence-electron chi connectivity index (χ4n) is 7.94. The standard InChI is InChI=1S/C31H46N2O2/c1-20(2)23-10-12-26-24(17-23)11-13-27-30(5,14-8-15-31(26,27)6)19-32-28-21(3)22(4)29(34)33(28)18-25-9-7-16-35-25/h10,12,17,20,25,27-28,32H,7-9,11,13-16,18-19H2,1-6H3. The molecule has 35 heavy (non-hydrogen) atoms. The van der Waals surface area contributed by atoms with Crippen molar-refractivity contribution in [2.75, 3.05) is 19.7 Å². The molecular weight excluding hydrogens is 432 g/mol. The lowest BCUT2D eigenvalue weighted by Crippen LogP contribution is -2.56. The second kappa shape index (κ2) is 9.34. The zero-order valence-corrected chi connectivity index (χ0v) is 22.9. The molecule has 1 amide bonds. The number of rotatable bonds is 6. The second-order valence-corrected chi connectivity index (χ2v) is 12.8. The molecule has 4 aliphatic rings. The van der Waals surface area contributed by atoms with E-state index in [-0.39, 0.29) is 29.0 Å². The molecule has 4 nitrogen and oxygen atoms in total. The van der Waals surface area contributed by atoms with Gasteiger partial charge in [0, 0.05) is 25.3 Å². The third-order valence-electron chi connectivity index (χ3n) is 10.2. The lowest BCUT2D eigenvalue weighted by Gasteiger charge is -2.56. The summed E-state index contributed by atoms with van der Waals surface area (Å²) in [7, 11) is 0. The van der Waals surface area contributed by atoms with Crippen LogP contribution in [0.15, 0.2) is 29.3 Å². The van der Waals surface area contributed by atoms with Crippen LogP contribution >= 0.6 is 0 Å². The van der Waals surface area contributed by atoms with Crippen LogP contribution in [0, 0.1) is 11.3 Å². The molecule has 1 aromatic rings. The van der Waals surface area contributed by atoms with E-state index in [1.807, 2.05) is 6.92 Å². The average Bonchev–Trinajstić information content (AvgIpc) is 3.41. The predicted octanol–water partition coefficient (Wildman–Crippen LogP) is 6.09. The number of nitrogens with one attached hydrogen (secondary N) is 1. The Morgan fingerprint density at radius 1 is 1.14 bits per heavy atom. The van der Waals surface area contributed by atoms with Crippen molar-refractivity contribution in [2.24, 2.45) is 11.3 Å². The summed E-state index contributed by atoms with van der Waals surface area (Å²) in [6.07, 6.45) is 8.62. The minimum absolute atomic E-state index is 0.00110. The van der Waals surface area contributed by atoms with Gasteiger partial charge in [0.15, 0.2) is 0 Å². The van der Waals surface area contributed by atoms with Gasteiger partial charge in [0.2, 0.25) is 0 Å². The molecule has 192 valence electrons. The highest BCUT2D eigenvalue weighted by atomic mass is 16.5. The highest BCUT2D eigenvalue weighted by Gasteiger charge is 2.52. The SMILES string of the molecule is CC1=C(C)C(NCC2(C)CCCC3(C)c4ccc(C(C)C)cc4CCC23)N(CC2CCCO2)C1=O. The summed E-state index contributed by atoms with van der Waals surface area (Å²) in [5.41, 5.74) is 7.22. The molecule has 0 aromatic heterocycles. The molecule has 2 heterocycles. The van der Waals surface area contributed by atoms with Gasteiger partial charge in [0.25, 0.3) is 5.91 Å². The third kappa shape index (κ3) is 4.29. The van der Waals surface area contributed by atoms with Crippen molar-refractivity contribution in [1.82, 2.24) is 10.2 Å². The summed E-state index contributed by atoms with van der Waals surface area (Å²) >= 11 is 0. The molecule has 1 saturated heterocycles. The minimum Gasteiger partial charge on any atom is -0.376 e.